The van der Waals surface area contributed by atoms with Gasteiger partial charge in [-0.2, -0.15) is 0 Å². The molecule has 1 heterocycles. The summed E-state index contributed by atoms with van der Waals surface area (Å²) in [5, 5.41) is 0.727. The van der Waals surface area contributed by atoms with E-state index in [1.54, 1.807) is 12.5 Å². The summed E-state index contributed by atoms with van der Waals surface area (Å²) in [5.41, 5.74) is 3.14. The number of hydrogen-bond donors (Lipinski definition) is 0. The Morgan fingerprint density at radius 3 is 2.65 bits per heavy atom. The fourth-order valence-electron chi connectivity index (χ4n) is 2.39. The first-order valence-corrected chi connectivity index (χ1v) is 7.77. The number of allylic oxidation sites excluding steroid dienone is 1. The first-order chi connectivity index (χ1) is 11.3. The Morgan fingerprint density at radius 1 is 1.17 bits per heavy atom. The van der Waals surface area contributed by atoms with E-state index in [1.165, 1.54) is 0 Å². The van der Waals surface area contributed by atoms with Gasteiger partial charge in [-0.15, -0.1) is 0 Å². The fourth-order valence-corrected chi connectivity index (χ4v) is 2.52. The van der Waals surface area contributed by atoms with Crippen molar-refractivity contribution in [1.82, 2.24) is 9.55 Å². The molecule has 0 amide bonds. The molecule has 0 atom stereocenters. The molecular formula is C19H17ClN2O. The van der Waals surface area contributed by atoms with Crippen LogP contribution in [-0.4, -0.2) is 9.55 Å². The molecule has 0 bridgehead atoms. The van der Waals surface area contributed by atoms with Crippen LogP contribution >= 0.6 is 11.6 Å². The summed E-state index contributed by atoms with van der Waals surface area (Å²) in [6.45, 7) is 2.50. The minimum atomic E-state index is 0.495. The van der Waals surface area contributed by atoms with E-state index in [4.69, 9.17) is 16.3 Å². The van der Waals surface area contributed by atoms with Crippen molar-refractivity contribution >= 4 is 17.3 Å². The van der Waals surface area contributed by atoms with E-state index in [0.717, 1.165) is 27.6 Å². The van der Waals surface area contributed by atoms with E-state index in [1.807, 2.05) is 72.3 Å². The highest BCUT2D eigenvalue weighted by Gasteiger charge is 2.09. The molecule has 116 valence electrons. The van der Waals surface area contributed by atoms with Crippen LogP contribution in [0.2, 0.25) is 5.02 Å². The Morgan fingerprint density at radius 2 is 1.96 bits per heavy atom. The molecule has 0 aliphatic heterocycles. The van der Waals surface area contributed by atoms with Crippen molar-refractivity contribution < 1.29 is 4.74 Å². The summed E-state index contributed by atoms with van der Waals surface area (Å²) >= 11 is 5.91. The van der Waals surface area contributed by atoms with Crippen LogP contribution in [0.15, 0.2) is 73.3 Å². The van der Waals surface area contributed by atoms with Crippen LogP contribution in [0.4, 0.5) is 0 Å². The van der Waals surface area contributed by atoms with Gasteiger partial charge >= 0.3 is 0 Å². The summed E-state index contributed by atoms with van der Waals surface area (Å²) in [5.74, 6) is 0.837. The zero-order valence-electron chi connectivity index (χ0n) is 12.8. The first-order valence-electron chi connectivity index (χ1n) is 7.39. The quantitative estimate of drug-likeness (QED) is 0.658. The highest BCUT2D eigenvalue weighted by molar-refractivity contribution is 6.30. The maximum Gasteiger partial charge on any atom is 0.129 e. The van der Waals surface area contributed by atoms with Gasteiger partial charge in [-0.3, -0.25) is 0 Å². The Balaban J connectivity index is 1.84. The lowest BCUT2D eigenvalue weighted by Gasteiger charge is -2.14. The summed E-state index contributed by atoms with van der Waals surface area (Å²) in [6.07, 6.45) is 7.52. The third-order valence-electron chi connectivity index (χ3n) is 3.53. The number of imidazole rings is 1. The Kier molecular flexibility index (Phi) is 4.79. The monoisotopic (exact) mass is 324 g/mol. The molecule has 0 radical (unpaired) electrons. The number of halogens is 1. The molecule has 3 aromatic rings. The maximum absolute atomic E-state index is 6.03. The van der Waals surface area contributed by atoms with E-state index < -0.39 is 0 Å². The second-order valence-corrected chi connectivity index (χ2v) is 5.49. The number of aromatic nitrogens is 2. The zero-order chi connectivity index (χ0) is 16.1. The van der Waals surface area contributed by atoms with E-state index in [2.05, 4.69) is 4.98 Å². The van der Waals surface area contributed by atoms with Crippen molar-refractivity contribution in [3.05, 3.63) is 89.5 Å². The Labute approximate surface area is 140 Å². The van der Waals surface area contributed by atoms with Gasteiger partial charge in [-0.25, -0.2) is 4.98 Å². The number of benzene rings is 2. The smallest absolute Gasteiger partial charge is 0.129 e. The molecule has 4 heteroatoms. The van der Waals surface area contributed by atoms with Gasteiger partial charge in [0.2, 0.25) is 0 Å². The lowest BCUT2D eigenvalue weighted by atomic mass is 10.1. The largest absolute Gasteiger partial charge is 0.488 e. The Hall–Kier alpha value is -2.52. The van der Waals surface area contributed by atoms with Crippen LogP contribution in [0.25, 0.3) is 5.70 Å². The van der Waals surface area contributed by atoms with Crippen LogP contribution < -0.4 is 4.74 Å². The third kappa shape index (κ3) is 3.63. The normalized spacial score (nSPS) is 11.5. The summed E-state index contributed by atoms with van der Waals surface area (Å²) in [6, 6.07) is 15.7. The van der Waals surface area contributed by atoms with Gasteiger partial charge in [0.25, 0.3) is 0 Å². The van der Waals surface area contributed by atoms with E-state index in [-0.39, 0.29) is 0 Å². The molecule has 0 aliphatic rings. The van der Waals surface area contributed by atoms with Gasteiger partial charge in [0.05, 0.1) is 12.0 Å². The van der Waals surface area contributed by atoms with Crippen molar-refractivity contribution in [2.24, 2.45) is 0 Å². The van der Waals surface area contributed by atoms with Crippen molar-refractivity contribution in [3.63, 3.8) is 0 Å². The van der Waals surface area contributed by atoms with Crippen LogP contribution in [0, 0.1) is 0 Å². The minimum Gasteiger partial charge on any atom is -0.488 e. The molecule has 0 N–H and O–H groups in total. The van der Waals surface area contributed by atoms with Crippen LogP contribution in [-0.2, 0) is 6.61 Å². The number of para-hydroxylation sites is 1. The van der Waals surface area contributed by atoms with Crippen LogP contribution in [0.1, 0.15) is 18.1 Å². The standard InChI is InChI=1S/C19H17ClN2O/c1-2-18(22-12-11-21-14-22)17-5-3-4-6-19(17)23-13-15-7-9-16(20)10-8-15/h2-12,14H,13H2,1H3/b18-2-. The average Bonchev–Trinajstić information content (AvgIpc) is 3.10. The van der Waals surface area contributed by atoms with Crippen molar-refractivity contribution in [2.75, 3.05) is 0 Å². The molecule has 0 unspecified atom stereocenters. The summed E-state index contributed by atoms with van der Waals surface area (Å²) < 4.78 is 8.00. The number of hydrogen-bond acceptors (Lipinski definition) is 2. The van der Waals surface area contributed by atoms with Crippen LogP contribution in [0.3, 0.4) is 0 Å². The van der Waals surface area contributed by atoms with Gasteiger partial charge in [0.1, 0.15) is 12.4 Å². The second-order valence-electron chi connectivity index (χ2n) is 5.06. The molecule has 2 aromatic carbocycles. The molecule has 0 aliphatic carbocycles. The van der Waals surface area contributed by atoms with Crippen molar-refractivity contribution in [2.45, 2.75) is 13.5 Å². The molecule has 1 aromatic heterocycles. The van der Waals surface area contributed by atoms with E-state index in [9.17, 15) is 0 Å². The van der Waals surface area contributed by atoms with Crippen molar-refractivity contribution in [1.29, 1.82) is 0 Å². The molecular weight excluding hydrogens is 308 g/mol. The Bertz CT molecular complexity index is 793. The zero-order valence-corrected chi connectivity index (χ0v) is 13.6. The molecule has 23 heavy (non-hydrogen) atoms. The average molecular weight is 325 g/mol. The lowest BCUT2D eigenvalue weighted by molar-refractivity contribution is 0.305. The topological polar surface area (TPSA) is 27.1 Å². The summed E-state index contributed by atoms with van der Waals surface area (Å²) in [4.78, 5) is 4.12. The summed E-state index contributed by atoms with van der Waals surface area (Å²) in [7, 11) is 0. The predicted molar refractivity (Wildman–Crippen MR) is 93.5 cm³/mol. The molecule has 0 fully saturated rings. The molecule has 3 nitrogen and oxygen atoms in total. The lowest BCUT2D eigenvalue weighted by Crippen LogP contribution is -2.01. The van der Waals surface area contributed by atoms with Gasteiger partial charge < -0.3 is 9.30 Å². The molecule has 0 saturated heterocycles. The van der Waals surface area contributed by atoms with Crippen molar-refractivity contribution in [3.8, 4) is 5.75 Å². The van der Waals surface area contributed by atoms with Crippen LogP contribution in [0.5, 0.6) is 5.75 Å². The number of nitrogens with zero attached hydrogens (tertiary/aromatic N) is 2. The fraction of sp³-hybridized carbons (Fsp3) is 0.105. The van der Waals surface area contributed by atoms with E-state index >= 15 is 0 Å². The SMILES string of the molecule is C/C=C(/c1ccccc1OCc1ccc(Cl)cc1)n1ccnc1. The highest BCUT2D eigenvalue weighted by Crippen LogP contribution is 2.28. The molecule has 0 spiro atoms. The van der Waals surface area contributed by atoms with Gasteiger partial charge in [0.15, 0.2) is 0 Å². The maximum atomic E-state index is 6.03. The molecule has 0 saturated carbocycles. The third-order valence-corrected chi connectivity index (χ3v) is 3.78. The number of ether oxygens (including phenoxy) is 1. The number of rotatable bonds is 5. The van der Waals surface area contributed by atoms with E-state index in [0.29, 0.717) is 6.61 Å². The minimum absolute atomic E-state index is 0.495. The van der Waals surface area contributed by atoms with Gasteiger partial charge in [0, 0.05) is 23.0 Å². The highest BCUT2D eigenvalue weighted by atomic mass is 35.5. The van der Waals surface area contributed by atoms with Gasteiger partial charge in [-0.05, 0) is 36.8 Å². The second kappa shape index (κ2) is 7.16. The van der Waals surface area contributed by atoms with Gasteiger partial charge in [-0.1, -0.05) is 41.9 Å². The molecule has 3 rings (SSSR count). The first kappa shape index (κ1) is 15.4. The predicted octanol–water partition coefficient (Wildman–Crippen LogP) is 5.02.